The number of hydrogen-bond acceptors (Lipinski definition) is 2. The van der Waals surface area contributed by atoms with Gasteiger partial charge in [-0.3, -0.25) is 9.69 Å². The van der Waals surface area contributed by atoms with Crippen molar-refractivity contribution in [3.63, 3.8) is 0 Å². The fourth-order valence-corrected chi connectivity index (χ4v) is 1.87. The topological polar surface area (TPSA) is 83.6 Å². The van der Waals surface area contributed by atoms with Gasteiger partial charge in [-0.25, -0.2) is 4.79 Å². The molecule has 0 bridgehead atoms. The minimum absolute atomic E-state index is 0.0658. The molecule has 0 saturated heterocycles. The lowest BCUT2D eigenvalue weighted by Gasteiger charge is -2.25. The Kier molecular flexibility index (Phi) is 4.31. The second-order valence-electron chi connectivity index (χ2n) is 4.43. The molecule has 0 heterocycles. The van der Waals surface area contributed by atoms with Crippen LogP contribution < -0.4 is 10.6 Å². The molecule has 0 aliphatic heterocycles. The molecule has 0 aliphatic carbocycles. The van der Waals surface area contributed by atoms with Crippen molar-refractivity contribution in [3.8, 4) is 0 Å². The lowest BCUT2D eigenvalue weighted by Crippen LogP contribution is -2.41. The average Bonchev–Trinajstić information content (AvgIpc) is 2.26. The van der Waals surface area contributed by atoms with Gasteiger partial charge in [0.2, 0.25) is 0 Å². The molecule has 1 unspecified atom stereocenters. The number of primary amides is 1. The van der Waals surface area contributed by atoms with Gasteiger partial charge in [0.25, 0.3) is 0 Å². The van der Waals surface area contributed by atoms with Gasteiger partial charge in [-0.2, -0.15) is 0 Å². The fourth-order valence-electron chi connectivity index (χ4n) is 1.87. The molecule has 1 atom stereocenters. The number of rotatable bonds is 4. The largest absolute Gasteiger partial charge is 0.481 e. The van der Waals surface area contributed by atoms with Crippen molar-refractivity contribution in [1.82, 2.24) is 0 Å². The Bertz CT molecular complexity index is 451. The summed E-state index contributed by atoms with van der Waals surface area (Å²) in [6.07, 6.45) is 0. The Morgan fingerprint density at radius 1 is 1.33 bits per heavy atom. The molecule has 5 nitrogen and oxygen atoms in total. The van der Waals surface area contributed by atoms with E-state index in [1.165, 1.54) is 4.90 Å². The highest BCUT2D eigenvalue weighted by atomic mass is 16.4. The van der Waals surface area contributed by atoms with E-state index in [1.807, 2.05) is 32.0 Å². The van der Waals surface area contributed by atoms with Crippen molar-refractivity contribution in [2.24, 2.45) is 11.7 Å². The minimum atomic E-state index is -0.951. The van der Waals surface area contributed by atoms with E-state index < -0.39 is 17.9 Å². The molecule has 0 fully saturated rings. The zero-order chi connectivity index (χ0) is 13.9. The van der Waals surface area contributed by atoms with Gasteiger partial charge < -0.3 is 10.8 Å². The number of aryl methyl sites for hydroxylation is 2. The number of urea groups is 1. The van der Waals surface area contributed by atoms with Crippen LogP contribution in [0, 0.1) is 19.8 Å². The van der Waals surface area contributed by atoms with Gasteiger partial charge in [0.1, 0.15) is 0 Å². The van der Waals surface area contributed by atoms with Crippen molar-refractivity contribution >= 4 is 17.7 Å². The maximum absolute atomic E-state index is 11.5. The number of anilines is 1. The van der Waals surface area contributed by atoms with Crippen molar-refractivity contribution in [2.75, 3.05) is 11.4 Å². The molecule has 98 valence electrons. The van der Waals surface area contributed by atoms with Crippen molar-refractivity contribution in [1.29, 1.82) is 0 Å². The molecule has 0 aromatic heterocycles. The molecule has 0 aliphatic rings. The SMILES string of the molecule is Cc1cccc(C)c1N(CC(C)C(=O)O)C(N)=O. The maximum Gasteiger partial charge on any atom is 0.319 e. The molecule has 0 radical (unpaired) electrons. The Morgan fingerprint density at radius 2 is 1.83 bits per heavy atom. The first kappa shape index (κ1) is 14.0. The highest BCUT2D eigenvalue weighted by molar-refractivity contribution is 5.93. The summed E-state index contributed by atoms with van der Waals surface area (Å²) in [5.41, 5.74) is 7.83. The second-order valence-corrected chi connectivity index (χ2v) is 4.43. The van der Waals surface area contributed by atoms with Crippen LogP contribution in [0.2, 0.25) is 0 Å². The molecular weight excluding hydrogens is 232 g/mol. The van der Waals surface area contributed by atoms with Crippen LogP contribution in [0.25, 0.3) is 0 Å². The van der Waals surface area contributed by atoms with E-state index in [0.717, 1.165) is 11.1 Å². The Morgan fingerprint density at radius 3 is 2.22 bits per heavy atom. The van der Waals surface area contributed by atoms with Gasteiger partial charge in [0.05, 0.1) is 11.6 Å². The Balaban J connectivity index is 3.13. The van der Waals surface area contributed by atoms with Gasteiger partial charge in [-0.1, -0.05) is 25.1 Å². The standard InChI is InChI=1S/C13H18N2O3/c1-8-5-4-6-9(2)11(8)15(13(14)18)7-10(3)12(16)17/h4-6,10H,7H2,1-3H3,(H2,14,18)(H,16,17). The predicted molar refractivity (Wildman–Crippen MR) is 69.6 cm³/mol. The van der Waals surface area contributed by atoms with E-state index in [-0.39, 0.29) is 6.54 Å². The van der Waals surface area contributed by atoms with Crippen LogP contribution in [-0.4, -0.2) is 23.7 Å². The van der Waals surface area contributed by atoms with Crippen LogP contribution in [0.5, 0.6) is 0 Å². The van der Waals surface area contributed by atoms with Gasteiger partial charge in [0.15, 0.2) is 0 Å². The number of benzene rings is 1. The van der Waals surface area contributed by atoms with Crippen LogP contribution in [0.4, 0.5) is 10.5 Å². The fraction of sp³-hybridized carbons (Fsp3) is 0.385. The molecule has 0 saturated carbocycles. The number of carbonyl (C=O) groups is 2. The van der Waals surface area contributed by atoms with Crippen LogP contribution in [0.15, 0.2) is 18.2 Å². The average molecular weight is 250 g/mol. The van der Waals surface area contributed by atoms with Crippen molar-refractivity contribution in [3.05, 3.63) is 29.3 Å². The van der Waals surface area contributed by atoms with E-state index in [4.69, 9.17) is 10.8 Å². The number of carboxylic acid groups (broad SMARTS) is 1. The molecule has 1 aromatic carbocycles. The number of para-hydroxylation sites is 1. The lowest BCUT2D eigenvalue weighted by atomic mass is 10.1. The zero-order valence-electron chi connectivity index (χ0n) is 10.8. The highest BCUT2D eigenvalue weighted by Gasteiger charge is 2.22. The summed E-state index contributed by atoms with van der Waals surface area (Å²) in [5.74, 6) is -1.62. The number of nitrogens with zero attached hydrogens (tertiary/aromatic N) is 1. The summed E-state index contributed by atoms with van der Waals surface area (Å²) in [4.78, 5) is 23.7. The number of nitrogens with two attached hydrogens (primary N) is 1. The van der Waals surface area contributed by atoms with Crippen LogP contribution in [0.1, 0.15) is 18.1 Å². The van der Waals surface area contributed by atoms with E-state index in [1.54, 1.807) is 6.92 Å². The van der Waals surface area contributed by atoms with Gasteiger partial charge in [0, 0.05) is 6.54 Å². The molecular formula is C13H18N2O3. The lowest BCUT2D eigenvalue weighted by molar-refractivity contribution is -0.140. The predicted octanol–water partition coefficient (Wildman–Crippen LogP) is 1.91. The van der Waals surface area contributed by atoms with Crippen LogP contribution >= 0.6 is 0 Å². The first-order chi connectivity index (χ1) is 8.34. The Hall–Kier alpha value is -2.04. The summed E-state index contributed by atoms with van der Waals surface area (Å²) in [6.45, 7) is 5.34. The maximum atomic E-state index is 11.5. The van der Waals surface area contributed by atoms with E-state index in [2.05, 4.69) is 0 Å². The quantitative estimate of drug-likeness (QED) is 0.856. The van der Waals surface area contributed by atoms with Crippen LogP contribution in [0.3, 0.4) is 0 Å². The summed E-state index contributed by atoms with van der Waals surface area (Å²) in [7, 11) is 0. The number of amides is 2. The van der Waals surface area contributed by atoms with Crippen LogP contribution in [-0.2, 0) is 4.79 Å². The number of carboxylic acids is 1. The second kappa shape index (κ2) is 5.53. The summed E-state index contributed by atoms with van der Waals surface area (Å²) < 4.78 is 0. The molecule has 18 heavy (non-hydrogen) atoms. The third kappa shape index (κ3) is 3.00. The highest BCUT2D eigenvalue weighted by Crippen LogP contribution is 2.25. The summed E-state index contributed by atoms with van der Waals surface area (Å²) in [5, 5.41) is 8.92. The molecule has 3 N–H and O–H groups in total. The summed E-state index contributed by atoms with van der Waals surface area (Å²) >= 11 is 0. The smallest absolute Gasteiger partial charge is 0.319 e. The molecule has 1 aromatic rings. The normalized spacial score (nSPS) is 11.9. The van der Waals surface area contributed by atoms with E-state index in [0.29, 0.717) is 5.69 Å². The third-order valence-electron chi connectivity index (χ3n) is 2.85. The number of carbonyl (C=O) groups excluding carboxylic acids is 1. The Labute approximate surface area is 106 Å². The molecule has 0 spiro atoms. The van der Waals surface area contributed by atoms with Crippen molar-refractivity contribution in [2.45, 2.75) is 20.8 Å². The monoisotopic (exact) mass is 250 g/mol. The number of aliphatic carboxylic acids is 1. The third-order valence-corrected chi connectivity index (χ3v) is 2.85. The summed E-state index contributed by atoms with van der Waals surface area (Å²) in [6, 6.07) is 4.97. The van der Waals surface area contributed by atoms with Crippen molar-refractivity contribution < 1.29 is 14.7 Å². The van der Waals surface area contributed by atoms with E-state index >= 15 is 0 Å². The molecule has 5 heteroatoms. The first-order valence-electron chi connectivity index (χ1n) is 5.70. The zero-order valence-corrected chi connectivity index (χ0v) is 10.8. The first-order valence-corrected chi connectivity index (χ1v) is 5.70. The minimum Gasteiger partial charge on any atom is -0.481 e. The van der Waals surface area contributed by atoms with Gasteiger partial charge in [-0.05, 0) is 25.0 Å². The molecule has 1 rings (SSSR count). The van der Waals surface area contributed by atoms with Gasteiger partial charge >= 0.3 is 12.0 Å². The molecule has 2 amide bonds. The van der Waals surface area contributed by atoms with Gasteiger partial charge in [-0.15, -0.1) is 0 Å². The number of hydrogen-bond donors (Lipinski definition) is 2. The van der Waals surface area contributed by atoms with E-state index in [9.17, 15) is 9.59 Å².